The zero-order valence-electron chi connectivity index (χ0n) is 41.9. The number of phenols is 2. The number of hydrogen-bond acceptors (Lipinski definition) is 13. The number of thioether (sulfide) groups is 1. The minimum atomic E-state index is -3.82. The van der Waals surface area contributed by atoms with Crippen molar-refractivity contribution in [1.82, 2.24) is 20.1 Å². The molecule has 0 heterocycles. The first kappa shape index (κ1) is 60.8. The van der Waals surface area contributed by atoms with E-state index in [0.717, 1.165) is 5.56 Å². The lowest BCUT2D eigenvalue weighted by Gasteiger charge is -2.16. The fraction of sp³-hybridized carbons (Fsp3) is 0.259. The third-order valence-corrected chi connectivity index (χ3v) is 17.4. The molecular formula is C54H58Cl2N4O12S4. The Bertz CT molecular complexity index is 3380. The summed E-state index contributed by atoms with van der Waals surface area (Å²) in [6.07, 6.45) is 0.673. The molecule has 0 radical (unpaired) electrons. The fourth-order valence-electron chi connectivity index (χ4n) is 7.21. The van der Waals surface area contributed by atoms with E-state index >= 15 is 0 Å². The normalized spacial score (nSPS) is 12.4. The molecule has 0 spiro atoms. The molecule has 0 saturated heterocycles. The number of nitrogens with one attached hydrogen (secondary N) is 4. The molecule has 2 atom stereocenters. The minimum Gasteiger partial charge on any atom is -0.508 e. The number of amides is 2. The maximum Gasteiger partial charge on any atom is 0.251 e. The van der Waals surface area contributed by atoms with Crippen molar-refractivity contribution in [1.29, 1.82) is 0 Å². The molecule has 6 aromatic rings. The molecule has 6 rings (SSSR count). The van der Waals surface area contributed by atoms with Gasteiger partial charge in [0.1, 0.15) is 17.3 Å². The Balaban J connectivity index is 0.000000281. The van der Waals surface area contributed by atoms with Gasteiger partial charge in [0.2, 0.25) is 20.0 Å². The van der Waals surface area contributed by atoms with E-state index in [1.807, 2.05) is 25.1 Å². The van der Waals surface area contributed by atoms with Gasteiger partial charge in [-0.15, -0.1) is 11.8 Å². The van der Waals surface area contributed by atoms with Gasteiger partial charge in [0.05, 0.1) is 33.4 Å². The number of hydrogen-bond donors (Lipinski definition) is 6. The van der Waals surface area contributed by atoms with Crippen LogP contribution in [-0.4, -0.2) is 82.4 Å². The summed E-state index contributed by atoms with van der Waals surface area (Å²) in [4.78, 5) is 50.9. The van der Waals surface area contributed by atoms with Gasteiger partial charge in [-0.05, 0) is 145 Å². The summed E-state index contributed by atoms with van der Waals surface area (Å²) in [5.74, 6) is -1.74. The number of Topliss-reactive ketones (excluding diaryl/α,β-unsaturated/α-hetero) is 2. The van der Waals surface area contributed by atoms with Crippen molar-refractivity contribution in [2.24, 2.45) is 0 Å². The van der Waals surface area contributed by atoms with Crippen molar-refractivity contribution in [3.8, 4) is 11.5 Å². The van der Waals surface area contributed by atoms with Crippen molar-refractivity contribution in [2.45, 2.75) is 87.0 Å². The number of halogens is 2. The van der Waals surface area contributed by atoms with Crippen LogP contribution in [0.25, 0.3) is 0 Å². The van der Waals surface area contributed by atoms with Crippen LogP contribution in [0.3, 0.4) is 0 Å². The van der Waals surface area contributed by atoms with Gasteiger partial charge < -0.3 is 20.8 Å². The highest BCUT2D eigenvalue weighted by Gasteiger charge is 2.26. The third-order valence-electron chi connectivity index (χ3n) is 11.6. The second kappa shape index (κ2) is 27.8. The highest BCUT2D eigenvalue weighted by atomic mass is 35.5. The largest absolute Gasteiger partial charge is 0.508 e. The fourth-order valence-corrected chi connectivity index (χ4v) is 12.2. The molecule has 16 nitrogen and oxygen atoms in total. The summed E-state index contributed by atoms with van der Waals surface area (Å²) in [7, 11) is -11.4. The molecule has 76 heavy (non-hydrogen) atoms. The third kappa shape index (κ3) is 18.6. The monoisotopic (exact) mass is 1150 g/mol. The van der Waals surface area contributed by atoms with Crippen LogP contribution in [0.15, 0.2) is 143 Å². The summed E-state index contributed by atoms with van der Waals surface area (Å²) < 4.78 is 80.2. The number of aromatic hydroxyl groups is 2. The first-order valence-electron chi connectivity index (χ1n) is 23.6. The van der Waals surface area contributed by atoms with Crippen molar-refractivity contribution in [3.63, 3.8) is 0 Å². The van der Waals surface area contributed by atoms with Gasteiger partial charge in [0, 0.05) is 40.0 Å². The van der Waals surface area contributed by atoms with Crippen LogP contribution in [0.2, 0.25) is 10.0 Å². The standard InChI is InChI=1S/C27H29ClN2O7S2.C27H29ClN2O5S2/c1-3-24(26(32)17-38(34,35)16-20-5-4-6-22(28)14-20)30-27(33)21-9-7-19(8-10-21)15-29-39(36,37)23-11-12-25(31)18(2)13-23;1-3-24(26(32)17-36-16-20-5-4-6-22(28)14-20)30-27(33)21-9-7-19(8-10-21)15-29-37(34,35)23-11-12-25(31)18(2)13-23/h4-14,24,29,31H,3,15-17H2,1-2H3,(H,30,33);4-14,24,29,31H,3,15-17H2,1-2H3,(H,30,33)/t2*24-/m00/s1. The number of benzene rings is 6. The molecular weight excluding hydrogens is 1100 g/mol. The van der Waals surface area contributed by atoms with Crippen LogP contribution >= 0.6 is 35.0 Å². The summed E-state index contributed by atoms with van der Waals surface area (Å²) in [5, 5.41) is 25.6. The second-order valence-electron chi connectivity index (χ2n) is 17.5. The Morgan fingerprint density at radius 2 is 0.961 bits per heavy atom. The molecule has 0 fully saturated rings. The van der Waals surface area contributed by atoms with E-state index in [1.165, 1.54) is 66.4 Å². The lowest BCUT2D eigenvalue weighted by molar-refractivity contribution is -0.119. The molecule has 22 heteroatoms. The second-order valence-corrected chi connectivity index (χ2v) is 25.0. The first-order valence-corrected chi connectivity index (χ1v) is 30.3. The van der Waals surface area contributed by atoms with Gasteiger partial charge in [-0.3, -0.25) is 19.2 Å². The Morgan fingerprint density at radius 3 is 1.38 bits per heavy atom. The molecule has 404 valence electrons. The molecule has 2 amide bonds. The lowest BCUT2D eigenvalue weighted by atomic mass is 10.1. The molecule has 0 aliphatic heterocycles. The first-order chi connectivity index (χ1) is 35.9. The van der Waals surface area contributed by atoms with Gasteiger partial charge in [-0.1, -0.05) is 85.6 Å². The quantitative estimate of drug-likeness (QED) is 0.0333. The van der Waals surface area contributed by atoms with E-state index in [1.54, 1.807) is 81.4 Å². The van der Waals surface area contributed by atoms with E-state index in [4.69, 9.17) is 23.2 Å². The van der Waals surface area contributed by atoms with Gasteiger partial charge in [-0.2, -0.15) is 0 Å². The van der Waals surface area contributed by atoms with Crippen LogP contribution in [-0.2, 0) is 64.1 Å². The van der Waals surface area contributed by atoms with Gasteiger partial charge in [0.15, 0.2) is 21.4 Å². The van der Waals surface area contributed by atoms with Gasteiger partial charge >= 0.3 is 0 Å². The molecule has 6 aromatic carbocycles. The Hall–Kier alpha value is -6.10. The zero-order valence-corrected chi connectivity index (χ0v) is 46.7. The number of carbonyl (C=O) groups excluding carboxylic acids is 4. The zero-order chi connectivity index (χ0) is 55.8. The number of carbonyl (C=O) groups is 4. The maximum atomic E-state index is 12.7. The van der Waals surface area contributed by atoms with E-state index in [9.17, 15) is 54.6 Å². The van der Waals surface area contributed by atoms with Crippen molar-refractivity contribution in [2.75, 3.05) is 11.5 Å². The minimum absolute atomic E-state index is 0.00556. The van der Waals surface area contributed by atoms with E-state index in [2.05, 4.69) is 20.1 Å². The number of sulfonamides is 2. The molecule has 0 unspecified atom stereocenters. The molecule has 0 aromatic heterocycles. The topological polar surface area (TPSA) is 259 Å². The Morgan fingerprint density at radius 1 is 0.539 bits per heavy atom. The summed E-state index contributed by atoms with van der Waals surface area (Å²) in [6.45, 7) is 6.71. The highest BCUT2D eigenvalue weighted by Crippen LogP contribution is 2.23. The Kier molecular flexibility index (Phi) is 22.2. The van der Waals surface area contributed by atoms with Crippen LogP contribution in [0.1, 0.15) is 80.8 Å². The lowest BCUT2D eigenvalue weighted by Crippen LogP contribution is -2.43. The number of aryl methyl sites for hydroxylation is 2. The summed E-state index contributed by atoms with van der Waals surface area (Å²) in [5.41, 5.74) is 4.23. The average Bonchev–Trinajstić information content (AvgIpc) is 3.37. The molecule has 0 aliphatic carbocycles. The molecule has 0 saturated carbocycles. The highest BCUT2D eigenvalue weighted by molar-refractivity contribution is 7.99. The smallest absolute Gasteiger partial charge is 0.251 e. The van der Waals surface area contributed by atoms with Crippen LogP contribution < -0.4 is 20.1 Å². The predicted octanol–water partition coefficient (Wildman–Crippen LogP) is 8.37. The number of sulfone groups is 1. The maximum absolute atomic E-state index is 12.7. The van der Waals surface area contributed by atoms with Crippen LogP contribution in [0.4, 0.5) is 0 Å². The van der Waals surface area contributed by atoms with Crippen molar-refractivity contribution < 1.29 is 54.6 Å². The number of ketones is 2. The van der Waals surface area contributed by atoms with Crippen LogP contribution in [0, 0.1) is 13.8 Å². The molecule has 0 aliphatic rings. The van der Waals surface area contributed by atoms with Gasteiger partial charge in [0.25, 0.3) is 11.8 Å². The Labute approximate surface area is 458 Å². The van der Waals surface area contributed by atoms with E-state index in [0.29, 0.717) is 55.6 Å². The SMILES string of the molecule is CC[C@H](NC(=O)c1ccc(CNS(=O)(=O)c2ccc(O)c(C)c2)cc1)C(=O)CS(=O)(=O)Cc1cccc(Cl)c1.CC[C@H](NC(=O)c1ccc(CNS(=O)(=O)c2ccc(O)c(C)c2)cc1)C(=O)CSCc1cccc(Cl)c1. The number of phenolic OH excluding ortho intramolecular Hbond substituents is 2. The predicted molar refractivity (Wildman–Crippen MR) is 296 cm³/mol. The van der Waals surface area contributed by atoms with E-state index < -0.39 is 59.4 Å². The summed E-state index contributed by atoms with van der Waals surface area (Å²) in [6, 6.07) is 32.9. The van der Waals surface area contributed by atoms with Crippen molar-refractivity contribution in [3.05, 3.63) is 188 Å². The van der Waals surface area contributed by atoms with Crippen LogP contribution in [0.5, 0.6) is 11.5 Å². The summed E-state index contributed by atoms with van der Waals surface area (Å²) >= 11 is 13.4. The van der Waals surface area contributed by atoms with Crippen molar-refractivity contribution >= 4 is 88.2 Å². The average molecular weight is 1150 g/mol. The molecule has 0 bridgehead atoms. The van der Waals surface area contributed by atoms with E-state index in [-0.39, 0.29) is 69.6 Å². The molecule has 6 N–H and O–H groups in total. The number of rotatable bonds is 24. The van der Waals surface area contributed by atoms with Gasteiger partial charge in [-0.25, -0.2) is 34.7 Å².